The zero-order valence-electron chi connectivity index (χ0n) is 19.3. The summed E-state index contributed by atoms with van der Waals surface area (Å²) in [6, 6.07) is 16.1. The summed E-state index contributed by atoms with van der Waals surface area (Å²) in [5.74, 6) is -1.85. The number of carboxylic acids is 1. The molecule has 1 atom stereocenters. The number of urea groups is 1. The average Bonchev–Trinajstić information content (AvgIpc) is 2.84. The molecule has 2 aromatic carbocycles. The zero-order valence-corrected chi connectivity index (χ0v) is 19.3. The first-order valence-corrected chi connectivity index (χ1v) is 11.3. The van der Waals surface area contributed by atoms with Crippen LogP contribution in [0, 0.1) is 0 Å². The van der Waals surface area contributed by atoms with Gasteiger partial charge in [0.1, 0.15) is 0 Å². The van der Waals surface area contributed by atoms with E-state index in [4.69, 9.17) is 0 Å². The fourth-order valence-corrected chi connectivity index (χ4v) is 3.23. The molecule has 2 aromatic rings. The molecule has 1 unspecified atom stereocenters. The minimum Gasteiger partial charge on any atom is -0.481 e. The first-order chi connectivity index (χ1) is 16.4. The number of carboxylic acid groups (broad SMARTS) is 1. The zero-order chi connectivity index (χ0) is 24.8. The SMILES string of the molecule is CCCNC(=O)NCCCC(=O)NCC(=O)NC(CC(=O)O)c1ccc(-c2ccccc2)cc1. The molecule has 0 bridgehead atoms. The smallest absolute Gasteiger partial charge is 0.314 e. The standard InChI is InChI=1S/C25H32N4O5/c1-2-14-26-25(34)27-15-6-9-22(30)28-17-23(31)29-21(16-24(32)33)20-12-10-19(11-13-20)18-7-4-3-5-8-18/h3-5,7-8,10-13,21H,2,6,9,14-17H2,1H3,(H,28,30)(H,29,31)(H,32,33)(H2,26,27,34). The third kappa shape index (κ3) is 9.72. The van der Waals surface area contributed by atoms with Gasteiger partial charge in [0.05, 0.1) is 19.0 Å². The molecular weight excluding hydrogens is 436 g/mol. The number of benzene rings is 2. The van der Waals surface area contributed by atoms with Crippen LogP contribution in [-0.4, -0.2) is 48.6 Å². The summed E-state index contributed by atoms with van der Waals surface area (Å²) < 4.78 is 0. The van der Waals surface area contributed by atoms with E-state index in [-0.39, 0.29) is 31.3 Å². The average molecular weight is 469 g/mol. The predicted octanol–water partition coefficient (Wildman–Crippen LogP) is 2.59. The first-order valence-electron chi connectivity index (χ1n) is 11.3. The van der Waals surface area contributed by atoms with E-state index in [2.05, 4.69) is 21.3 Å². The molecule has 4 amide bonds. The molecule has 5 N–H and O–H groups in total. The number of hydrogen-bond acceptors (Lipinski definition) is 4. The van der Waals surface area contributed by atoms with Gasteiger partial charge in [-0.2, -0.15) is 0 Å². The molecule has 0 spiro atoms. The van der Waals surface area contributed by atoms with Gasteiger partial charge in [0.15, 0.2) is 0 Å². The van der Waals surface area contributed by atoms with Crippen LogP contribution in [0.25, 0.3) is 11.1 Å². The van der Waals surface area contributed by atoms with Crippen LogP contribution in [0.1, 0.15) is 44.2 Å². The molecule has 0 aromatic heterocycles. The van der Waals surface area contributed by atoms with Crippen LogP contribution < -0.4 is 21.3 Å². The van der Waals surface area contributed by atoms with E-state index in [0.29, 0.717) is 25.1 Å². The molecule has 0 heterocycles. The van der Waals surface area contributed by atoms with Gasteiger partial charge < -0.3 is 26.4 Å². The molecule has 34 heavy (non-hydrogen) atoms. The lowest BCUT2D eigenvalue weighted by molar-refractivity contribution is -0.138. The largest absolute Gasteiger partial charge is 0.481 e. The van der Waals surface area contributed by atoms with Crippen molar-refractivity contribution in [2.45, 2.75) is 38.6 Å². The van der Waals surface area contributed by atoms with Crippen LogP contribution in [0.4, 0.5) is 4.79 Å². The van der Waals surface area contributed by atoms with E-state index in [0.717, 1.165) is 17.5 Å². The molecule has 0 saturated heterocycles. The number of amides is 4. The molecule has 0 saturated carbocycles. The van der Waals surface area contributed by atoms with Crippen molar-refractivity contribution in [3.8, 4) is 11.1 Å². The third-order valence-corrected chi connectivity index (χ3v) is 4.98. The van der Waals surface area contributed by atoms with Gasteiger partial charge in [0.2, 0.25) is 11.8 Å². The number of rotatable bonds is 13. The van der Waals surface area contributed by atoms with Crippen LogP contribution in [0.2, 0.25) is 0 Å². The van der Waals surface area contributed by atoms with Crippen LogP contribution in [-0.2, 0) is 14.4 Å². The molecule has 0 fully saturated rings. The second kappa shape index (κ2) is 14.3. The fraction of sp³-hybridized carbons (Fsp3) is 0.360. The molecule has 9 heteroatoms. The highest BCUT2D eigenvalue weighted by atomic mass is 16.4. The Hall–Kier alpha value is -3.88. The van der Waals surface area contributed by atoms with Crippen LogP contribution in [0.3, 0.4) is 0 Å². The minimum absolute atomic E-state index is 0.154. The van der Waals surface area contributed by atoms with Crippen molar-refractivity contribution < 1.29 is 24.3 Å². The number of hydrogen-bond donors (Lipinski definition) is 5. The number of carbonyl (C=O) groups is 4. The highest BCUT2D eigenvalue weighted by Crippen LogP contribution is 2.23. The van der Waals surface area contributed by atoms with Crippen molar-refractivity contribution in [2.24, 2.45) is 0 Å². The van der Waals surface area contributed by atoms with Crippen molar-refractivity contribution in [3.63, 3.8) is 0 Å². The summed E-state index contributed by atoms with van der Waals surface area (Å²) in [6.07, 6.45) is 1.14. The highest BCUT2D eigenvalue weighted by molar-refractivity contribution is 5.85. The van der Waals surface area contributed by atoms with Crippen LogP contribution >= 0.6 is 0 Å². The van der Waals surface area contributed by atoms with Crippen molar-refractivity contribution in [3.05, 3.63) is 60.2 Å². The normalized spacial score (nSPS) is 11.2. The molecule has 9 nitrogen and oxygen atoms in total. The van der Waals surface area contributed by atoms with Gasteiger partial charge >= 0.3 is 12.0 Å². The van der Waals surface area contributed by atoms with Crippen molar-refractivity contribution in [2.75, 3.05) is 19.6 Å². The molecule has 0 radical (unpaired) electrons. The number of aliphatic carboxylic acids is 1. The van der Waals surface area contributed by atoms with Crippen molar-refractivity contribution in [1.29, 1.82) is 0 Å². The maximum absolute atomic E-state index is 12.3. The first kappa shape index (κ1) is 26.4. The van der Waals surface area contributed by atoms with Gasteiger partial charge in [0, 0.05) is 19.5 Å². The van der Waals surface area contributed by atoms with E-state index in [9.17, 15) is 24.3 Å². The third-order valence-electron chi connectivity index (χ3n) is 4.98. The second-order valence-electron chi connectivity index (χ2n) is 7.77. The van der Waals surface area contributed by atoms with Crippen LogP contribution in [0.15, 0.2) is 54.6 Å². The lowest BCUT2D eigenvalue weighted by atomic mass is 9.99. The summed E-state index contributed by atoms with van der Waals surface area (Å²) in [6.45, 7) is 2.62. The molecule has 0 aliphatic rings. The molecule has 0 aliphatic carbocycles. The fourth-order valence-electron chi connectivity index (χ4n) is 3.23. The maximum atomic E-state index is 12.3. The second-order valence-corrected chi connectivity index (χ2v) is 7.77. The summed E-state index contributed by atoms with van der Waals surface area (Å²) in [7, 11) is 0. The summed E-state index contributed by atoms with van der Waals surface area (Å²) >= 11 is 0. The number of nitrogens with one attached hydrogen (secondary N) is 4. The minimum atomic E-state index is -1.04. The lowest BCUT2D eigenvalue weighted by Crippen LogP contribution is -2.39. The Kier molecular flexibility index (Phi) is 11.1. The Bertz CT molecular complexity index is 948. The van der Waals surface area contributed by atoms with Crippen molar-refractivity contribution >= 4 is 23.8 Å². The molecule has 2 rings (SSSR count). The van der Waals surface area contributed by atoms with Crippen molar-refractivity contribution in [1.82, 2.24) is 21.3 Å². The van der Waals surface area contributed by atoms with Gasteiger partial charge in [-0.1, -0.05) is 61.5 Å². The summed E-state index contributed by atoms with van der Waals surface area (Å²) in [5, 5.41) is 19.8. The topological polar surface area (TPSA) is 137 Å². The maximum Gasteiger partial charge on any atom is 0.314 e. The van der Waals surface area contributed by atoms with Gasteiger partial charge in [-0.15, -0.1) is 0 Å². The number of carbonyl (C=O) groups excluding carboxylic acids is 3. The lowest BCUT2D eigenvalue weighted by Gasteiger charge is -2.18. The van der Waals surface area contributed by atoms with Gasteiger partial charge in [-0.05, 0) is 29.5 Å². The van der Waals surface area contributed by atoms with E-state index >= 15 is 0 Å². The van der Waals surface area contributed by atoms with E-state index in [1.165, 1.54) is 0 Å². The van der Waals surface area contributed by atoms with Gasteiger partial charge in [-0.3, -0.25) is 14.4 Å². The Morgan fingerprint density at radius 3 is 2.12 bits per heavy atom. The molecular formula is C25H32N4O5. The van der Waals surface area contributed by atoms with Gasteiger partial charge in [0.25, 0.3) is 0 Å². The van der Waals surface area contributed by atoms with Crippen LogP contribution in [0.5, 0.6) is 0 Å². The van der Waals surface area contributed by atoms with Gasteiger partial charge in [-0.25, -0.2) is 4.79 Å². The molecule has 0 aliphatic heterocycles. The van der Waals surface area contributed by atoms with E-state index in [1.54, 1.807) is 12.1 Å². The molecule has 182 valence electrons. The Balaban J connectivity index is 1.81. The van der Waals surface area contributed by atoms with E-state index in [1.807, 2.05) is 49.4 Å². The highest BCUT2D eigenvalue weighted by Gasteiger charge is 2.18. The quantitative estimate of drug-likeness (QED) is 0.288. The Morgan fingerprint density at radius 2 is 1.47 bits per heavy atom. The Labute approximate surface area is 199 Å². The monoisotopic (exact) mass is 468 g/mol. The predicted molar refractivity (Wildman–Crippen MR) is 129 cm³/mol. The summed E-state index contributed by atoms with van der Waals surface area (Å²) in [5.41, 5.74) is 2.68. The summed E-state index contributed by atoms with van der Waals surface area (Å²) in [4.78, 5) is 47.0. The Morgan fingerprint density at radius 1 is 0.824 bits per heavy atom. The van der Waals surface area contributed by atoms with E-state index < -0.39 is 17.9 Å².